The summed E-state index contributed by atoms with van der Waals surface area (Å²) in [4.78, 5) is 17.0. The van der Waals surface area contributed by atoms with Crippen LogP contribution in [0.25, 0.3) is 0 Å². The fraction of sp³-hybridized carbons (Fsp3) is 0.444. The molecule has 24 heavy (non-hydrogen) atoms. The van der Waals surface area contributed by atoms with Crippen molar-refractivity contribution in [3.05, 3.63) is 47.7 Å². The minimum absolute atomic E-state index is 0.0418. The minimum Gasteiger partial charge on any atom is -0.360 e. The predicted molar refractivity (Wildman–Crippen MR) is 92.6 cm³/mol. The number of piperazine rings is 1. The molecule has 2 aromatic rings. The van der Waals surface area contributed by atoms with E-state index in [9.17, 15) is 4.79 Å². The average Bonchev–Trinajstić information content (AvgIpc) is 3.00. The second kappa shape index (κ2) is 7.59. The highest BCUT2D eigenvalue weighted by molar-refractivity contribution is 5.93. The molecule has 1 aliphatic rings. The number of carbonyl (C=O) groups is 1. The first-order chi connectivity index (χ1) is 11.6. The number of benzene rings is 1. The van der Waals surface area contributed by atoms with Gasteiger partial charge in [-0.05, 0) is 19.4 Å². The number of hydrogen-bond acceptors (Lipinski definition) is 5. The molecule has 1 aromatic carbocycles. The standard InChI is InChI=1S/C18H24N4O2/c1-14-12-17(20-24-14)19-18(23)15(2)22-10-8-21(9-11-22)13-16-6-4-3-5-7-16/h3-7,12,15H,8-11,13H2,1-2H3,(H,19,20,23)/t15-/m0/s1. The zero-order chi connectivity index (χ0) is 16.9. The molecular formula is C18H24N4O2. The van der Waals surface area contributed by atoms with E-state index in [2.05, 4.69) is 44.5 Å². The van der Waals surface area contributed by atoms with E-state index in [1.807, 2.05) is 13.0 Å². The Bertz CT molecular complexity index is 663. The highest BCUT2D eigenvalue weighted by Crippen LogP contribution is 2.13. The molecule has 0 radical (unpaired) electrons. The number of aryl methyl sites for hydroxylation is 1. The van der Waals surface area contributed by atoms with Crippen molar-refractivity contribution >= 4 is 11.7 Å². The predicted octanol–water partition coefficient (Wildman–Crippen LogP) is 2.13. The monoisotopic (exact) mass is 328 g/mol. The van der Waals surface area contributed by atoms with Crippen LogP contribution in [0.15, 0.2) is 40.9 Å². The SMILES string of the molecule is Cc1cc(NC(=O)[C@H](C)N2CCN(Cc3ccccc3)CC2)no1. The Hall–Kier alpha value is -2.18. The van der Waals surface area contributed by atoms with E-state index in [-0.39, 0.29) is 11.9 Å². The molecule has 1 fully saturated rings. The van der Waals surface area contributed by atoms with Gasteiger partial charge < -0.3 is 9.84 Å². The van der Waals surface area contributed by atoms with E-state index in [4.69, 9.17) is 4.52 Å². The first-order valence-electron chi connectivity index (χ1n) is 8.36. The van der Waals surface area contributed by atoms with E-state index < -0.39 is 0 Å². The Morgan fingerprint density at radius 3 is 2.58 bits per heavy atom. The second-order valence-electron chi connectivity index (χ2n) is 6.29. The topological polar surface area (TPSA) is 61.6 Å². The van der Waals surface area contributed by atoms with Gasteiger partial charge in [0.25, 0.3) is 0 Å². The molecule has 1 N–H and O–H groups in total. The van der Waals surface area contributed by atoms with Crippen molar-refractivity contribution in [3.8, 4) is 0 Å². The fourth-order valence-corrected chi connectivity index (χ4v) is 2.97. The molecule has 0 aliphatic carbocycles. The summed E-state index contributed by atoms with van der Waals surface area (Å²) in [5, 5.41) is 6.62. The van der Waals surface area contributed by atoms with Gasteiger partial charge in [0.05, 0.1) is 6.04 Å². The summed E-state index contributed by atoms with van der Waals surface area (Å²) in [5.41, 5.74) is 1.33. The van der Waals surface area contributed by atoms with Crippen LogP contribution in [0.3, 0.4) is 0 Å². The normalized spacial score (nSPS) is 17.6. The van der Waals surface area contributed by atoms with Gasteiger partial charge in [-0.2, -0.15) is 0 Å². The lowest BCUT2D eigenvalue weighted by Crippen LogP contribution is -2.52. The molecule has 6 heteroatoms. The zero-order valence-electron chi connectivity index (χ0n) is 14.2. The van der Waals surface area contributed by atoms with Crippen LogP contribution in [0.4, 0.5) is 5.82 Å². The maximum Gasteiger partial charge on any atom is 0.242 e. The highest BCUT2D eigenvalue weighted by atomic mass is 16.5. The number of nitrogens with zero attached hydrogens (tertiary/aromatic N) is 3. The summed E-state index contributed by atoms with van der Waals surface area (Å²) in [6, 6.07) is 12.0. The van der Waals surface area contributed by atoms with Crippen molar-refractivity contribution in [1.82, 2.24) is 15.0 Å². The quantitative estimate of drug-likeness (QED) is 0.911. The van der Waals surface area contributed by atoms with E-state index in [0.29, 0.717) is 11.6 Å². The molecule has 128 valence electrons. The van der Waals surface area contributed by atoms with Crippen LogP contribution >= 0.6 is 0 Å². The largest absolute Gasteiger partial charge is 0.360 e. The summed E-state index contributed by atoms with van der Waals surface area (Å²) in [6.45, 7) is 8.42. The van der Waals surface area contributed by atoms with Gasteiger partial charge in [0, 0.05) is 38.8 Å². The third kappa shape index (κ3) is 4.21. The summed E-state index contributed by atoms with van der Waals surface area (Å²) in [7, 11) is 0. The fourth-order valence-electron chi connectivity index (χ4n) is 2.97. The van der Waals surface area contributed by atoms with Gasteiger partial charge in [0.1, 0.15) is 5.76 Å². The van der Waals surface area contributed by atoms with Gasteiger partial charge in [0.15, 0.2) is 5.82 Å². The van der Waals surface area contributed by atoms with E-state index in [0.717, 1.165) is 32.7 Å². The molecule has 0 saturated carbocycles. The Labute approximate surface area is 142 Å². The van der Waals surface area contributed by atoms with Crippen molar-refractivity contribution in [2.24, 2.45) is 0 Å². The molecule has 1 aliphatic heterocycles. The van der Waals surface area contributed by atoms with E-state index in [1.165, 1.54) is 5.56 Å². The number of nitrogens with one attached hydrogen (secondary N) is 1. The lowest BCUT2D eigenvalue weighted by molar-refractivity contribution is -0.121. The van der Waals surface area contributed by atoms with Gasteiger partial charge in [-0.15, -0.1) is 0 Å². The van der Waals surface area contributed by atoms with Crippen LogP contribution in [0, 0.1) is 6.92 Å². The van der Waals surface area contributed by atoms with Crippen molar-refractivity contribution in [2.45, 2.75) is 26.4 Å². The molecule has 0 unspecified atom stereocenters. The molecule has 1 atom stereocenters. The zero-order valence-corrected chi connectivity index (χ0v) is 14.2. The number of hydrogen-bond donors (Lipinski definition) is 1. The van der Waals surface area contributed by atoms with Gasteiger partial charge in [-0.25, -0.2) is 0 Å². The number of amides is 1. The smallest absolute Gasteiger partial charge is 0.242 e. The molecule has 3 rings (SSSR count). The lowest BCUT2D eigenvalue weighted by Gasteiger charge is -2.37. The van der Waals surface area contributed by atoms with Crippen LogP contribution in [0.1, 0.15) is 18.2 Å². The molecule has 1 amide bonds. The molecule has 6 nitrogen and oxygen atoms in total. The van der Waals surface area contributed by atoms with Gasteiger partial charge >= 0.3 is 0 Å². The van der Waals surface area contributed by atoms with Crippen molar-refractivity contribution < 1.29 is 9.32 Å². The maximum absolute atomic E-state index is 12.3. The Morgan fingerprint density at radius 1 is 1.25 bits per heavy atom. The third-order valence-corrected chi connectivity index (χ3v) is 4.46. The molecular weight excluding hydrogens is 304 g/mol. The molecule has 0 bridgehead atoms. The van der Waals surface area contributed by atoms with Gasteiger partial charge in [0.2, 0.25) is 5.91 Å². The van der Waals surface area contributed by atoms with E-state index in [1.54, 1.807) is 13.0 Å². The lowest BCUT2D eigenvalue weighted by atomic mass is 10.1. The van der Waals surface area contributed by atoms with Gasteiger partial charge in [-0.3, -0.25) is 14.6 Å². The van der Waals surface area contributed by atoms with Crippen molar-refractivity contribution in [3.63, 3.8) is 0 Å². The highest BCUT2D eigenvalue weighted by Gasteiger charge is 2.26. The van der Waals surface area contributed by atoms with Crippen LogP contribution in [-0.2, 0) is 11.3 Å². The summed E-state index contributed by atoms with van der Waals surface area (Å²) >= 11 is 0. The Morgan fingerprint density at radius 2 is 1.96 bits per heavy atom. The van der Waals surface area contributed by atoms with Crippen LogP contribution in [-0.4, -0.2) is 53.1 Å². The van der Waals surface area contributed by atoms with Crippen molar-refractivity contribution in [1.29, 1.82) is 0 Å². The summed E-state index contributed by atoms with van der Waals surface area (Å²) in [6.07, 6.45) is 0. The van der Waals surface area contributed by atoms with Crippen LogP contribution in [0.2, 0.25) is 0 Å². The number of carbonyl (C=O) groups excluding carboxylic acids is 1. The Kier molecular flexibility index (Phi) is 5.27. The van der Waals surface area contributed by atoms with Crippen molar-refractivity contribution in [2.75, 3.05) is 31.5 Å². The Balaban J connectivity index is 1.47. The summed E-state index contributed by atoms with van der Waals surface area (Å²) < 4.78 is 4.98. The van der Waals surface area contributed by atoms with Crippen LogP contribution < -0.4 is 5.32 Å². The van der Waals surface area contributed by atoms with E-state index >= 15 is 0 Å². The first kappa shape index (κ1) is 16.7. The average molecular weight is 328 g/mol. The minimum atomic E-state index is -0.180. The third-order valence-electron chi connectivity index (χ3n) is 4.46. The van der Waals surface area contributed by atoms with Crippen LogP contribution in [0.5, 0.6) is 0 Å². The van der Waals surface area contributed by atoms with Gasteiger partial charge in [-0.1, -0.05) is 35.5 Å². The number of rotatable bonds is 5. The number of anilines is 1. The number of aromatic nitrogens is 1. The molecule has 1 saturated heterocycles. The maximum atomic E-state index is 12.3. The second-order valence-corrected chi connectivity index (χ2v) is 6.29. The molecule has 2 heterocycles. The first-order valence-corrected chi connectivity index (χ1v) is 8.36. The molecule has 0 spiro atoms. The molecule has 1 aromatic heterocycles. The summed E-state index contributed by atoms with van der Waals surface area (Å²) in [5.74, 6) is 1.12.